The summed E-state index contributed by atoms with van der Waals surface area (Å²) in [6, 6.07) is 3.40. The van der Waals surface area contributed by atoms with E-state index in [0.29, 0.717) is 12.2 Å². The summed E-state index contributed by atoms with van der Waals surface area (Å²) in [5.74, 6) is -1.01. The van der Waals surface area contributed by atoms with Crippen LogP contribution in [0.4, 0.5) is 11.4 Å². The Bertz CT molecular complexity index is 579. The van der Waals surface area contributed by atoms with Crippen molar-refractivity contribution in [3.8, 4) is 0 Å². The summed E-state index contributed by atoms with van der Waals surface area (Å²) in [6.07, 6.45) is 5.33. The molecule has 1 aromatic carbocycles. The number of nitrogen functional groups attached to an aromatic ring is 1. The average molecular weight is 260 g/mol. The molecule has 19 heavy (non-hydrogen) atoms. The van der Waals surface area contributed by atoms with Crippen molar-refractivity contribution in [1.29, 1.82) is 0 Å². The van der Waals surface area contributed by atoms with Crippen molar-refractivity contribution >= 4 is 17.3 Å². The molecule has 0 aliphatic rings. The zero-order valence-corrected chi connectivity index (χ0v) is 10.6. The molecule has 1 aromatic heterocycles. The first-order valence-corrected chi connectivity index (χ1v) is 5.91. The van der Waals surface area contributed by atoms with E-state index < -0.39 is 5.97 Å². The Balaban J connectivity index is 2.06. The van der Waals surface area contributed by atoms with Gasteiger partial charge in [-0.25, -0.2) is 9.78 Å². The lowest BCUT2D eigenvalue weighted by molar-refractivity contribution is 0.0698. The van der Waals surface area contributed by atoms with Crippen molar-refractivity contribution in [2.45, 2.75) is 13.5 Å². The highest BCUT2D eigenvalue weighted by molar-refractivity contribution is 5.95. The molecule has 0 amide bonds. The van der Waals surface area contributed by atoms with Crippen molar-refractivity contribution in [2.75, 3.05) is 17.6 Å². The van der Waals surface area contributed by atoms with Gasteiger partial charge in [-0.3, -0.25) is 0 Å². The molecular formula is C13H16N4O2. The van der Waals surface area contributed by atoms with Crippen molar-refractivity contribution in [3.05, 3.63) is 42.0 Å². The smallest absolute Gasteiger partial charge is 0.337 e. The Morgan fingerprint density at radius 2 is 2.32 bits per heavy atom. The Morgan fingerprint density at radius 1 is 1.53 bits per heavy atom. The summed E-state index contributed by atoms with van der Waals surface area (Å²) >= 11 is 0. The molecule has 6 nitrogen and oxygen atoms in total. The predicted octanol–water partition coefficient (Wildman–Crippen LogP) is 1.58. The van der Waals surface area contributed by atoms with Gasteiger partial charge in [0.05, 0.1) is 11.9 Å². The minimum Gasteiger partial charge on any atom is -0.478 e. The zero-order chi connectivity index (χ0) is 13.8. The van der Waals surface area contributed by atoms with E-state index >= 15 is 0 Å². The van der Waals surface area contributed by atoms with Crippen LogP contribution in [0.1, 0.15) is 15.9 Å². The Labute approximate surface area is 110 Å². The summed E-state index contributed by atoms with van der Waals surface area (Å²) < 4.78 is 1.94. The Hall–Kier alpha value is -2.50. The first-order chi connectivity index (χ1) is 9.08. The second kappa shape index (κ2) is 5.43. The second-order valence-corrected chi connectivity index (χ2v) is 4.29. The van der Waals surface area contributed by atoms with Gasteiger partial charge < -0.3 is 20.7 Å². The standard InChI is InChI=1S/C13H16N4O2/c1-9-6-10(7-11(12(9)14)13(18)19)16-3-5-17-4-2-15-8-17/h2,4,6-8,16H,3,5,14H2,1H3,(H,18,19). The van der Waals surface area contributed by atoms with Crippen LogP contribution in [-0.4, -0.2) is 27.2 Å². The number of aryl methyl sites for hydroxylation is 1. The first kappa shape index (κ1) is 12.9. The molecule has 0 atom stereocenters. The van der Waals surface area contributed by atoms with Gasteiger partial charge in [0.15, 0.2) is 0 Å². The maximum atomic E-state index is 11.1. The number of hydrogen-bond donors (Lipinski definition) is 3. The molecule has 0 spiro atoms. The summed E-state index contributed by atoms with van der Waals surface area (Å²) in [4.78, 5) is 15.0. The molecule has 0 unspecified atom stereocenters. The summed E-state index contributed by atoms with van der Waals surface area (Å²) in [7, 11) is 0. The van der Waals surface area contributed by atoms with Crippen molar-refractivity contribution in [2.24, 2.45) is 0 Å². The number of imidazole rings is 1. The number of carboxylic acids is 1. The maximum absolute atomic E-state index is 11.1. The molecule has 2 rings (SSSR count). The molecule has 2 aromatic rings. The van der Waals surface area contributed by atoms with E-state index in [1.807, 2.05) is 16.8 Å². The number of carbonyl (C=O) groups is 1. The molecule has 0 saturated heterocycles. The van der Waals surface area contributed by atoms with Crippen LogP contribution >= 0.6 is 0 Å². The fourth-order valence-electron chi connectivity index (χ4n) is 1.83. The van der Waals surface area contributed by atoms with E-state index in [1.165, 1.54) is 0 Å². The molecule has 1 heterocycles. The number of hydrogen-bond acceptors (Lipinski definition) is 4. The first-order valence-electron chi connectivity index (χ1n) is 5.91. The van der Waals surface area contributed by atoms with Crippen LogP contribution in [0.5, 0.6) is 0 Å². The number of nitrogens with zero attached hydrogens (tertiary/aromatic N) is 2. The van der Waals surface area contributed by atoms with Crippen LogP contribution in [0.2, 0.25) is 0 Å². The molecule has 0 aliphatic heterocycles. The molecule has 0 saturated carbocycles. The fraction of sp³-hybridized carbons (Fsp3) is 0.231. The van der Waals surface area contributed by atoms with Crippen molar-refractivity contribution < 1.29 is 9.90 Å². The highest BCUT2D eigenvalue weighted by Crippen LogP contribution is 2.22. The van der Waals surface area contributed by atoms with Gasteiger partial charge in [-0.1, -0.05) is 0 Å². The van der Waals surface area contributed by atoms with Gasteiger partial charge in [0.2, 0.25) is 0 Å². The average Bonchev–Trinajstić information content (AvgIpc) is 2.86. The van der Waals surface area contributed by atoms with E-state index in [-0.39, 0.29) is 5.56 Å². The predicted molar refractivity (Wildman–Crippen MR) is 73.3 cm³/mol. The topological polar surface area (TPSA) is 93.2 Å². The van der Waals surface area contributed by atoms with Crippen LogP contribution < -0.4 is 11.1 Å². The van der Waals surface area contributed by atoms with Crippen molar-refractivity contribution in [1.82, 2.24) is 9.55 Å². The lowest BCUT2D eigenvalue weighted by atomic mass is 10.1. The maximum Gasteiger partial charge on any atom is 0.337 e. The number of nitrogens with one attached hydrogen (secondary N) is 1. The van der Waals surface area contributed by atoms with E-state index in [1.54, 1.807) is 25.5 Å². The van der Waals surface area contributed by atoms with E-state index in [0.717, 1.165) is 17.8 Å². The highest BCUT2D eigenvalue weighted by atomic mass is 16.4. The van der Waals surface area contributed by atoms with Crippen LogP contribution in [0.15, 0.2) is 30.9 Å². The Kier molecular flexibility index (Phi) is 3.70. The fourth-order valence-corrected chi connectivity index (χ4v) is 1.83. The van der Waals surface area contributed by atoms with Crippen LogP contribution in [0.3, 0.4) is 0 Å². The molecular weight excluding hydrogens is 244 g/mol. The van der Waals surface area contributed by atoms with Gasteiger partial charge in [-0.05, 0) is 24.6 Å². The quantitative estimate of drug-likeness (QED) is 0.710. The normalized spacial score (nSPS) is 10.4. The lowest BCUT2D eigenvalue weighted by Crippen LogP contribution is -2.11. The van der Waals surface area contributed by atoms with Crippen LogP contribution in [0, 0.1) is 6.92 Å². The van der Waals surface area contributed by atoms with Gasteiger partial charge in [0.25, 0.3) is 0 Å². The molecule has 0 bridgehead atoms. The SMILES string of the molecule is Cc1cc(NCCn2ccnc2)cc(C(=O)O)c1N. The number of benzene rings is 1. The van der Waals surface area contributed by atoms with Gasteiger partial charge in [0.1, 0.15) is 0 Å². The number of aromatic carboxylic acids is 1. The number of anilines is 2. The third-order valence-electron chi connectivity index (χ3n) is 2.88. The number of rotatable bonds is 5. The lowest BCUT2D eigenvalue weighted by Gasteiger charge is -2.11. The zero-order valence-electron chi connectivity index (χ0n) is 10.6. The summed E-state index contributed by atoms with van der Waals surface area (Å²) in [5, 5.41) is 12.2. The number of aromatic nitrogens is 2. The minimum absolute atomic E-state index is 0.130. The minimum atomic E-state index is -1.01. The van der Waals surface area contributed by atoms with Gasteiger partial charge in [-0.15, -0.1) is 0 Å². The number of nitrogens with two attached hydrogens (primary N) is 1. The molecule has 0 fully saturated rings. The van der Waals surface area contributed by atoms with E-state index in [2.05, 4.69) is 10.3 Å². The number of carboxylic acid groups (broad SMARTS) is 1. The summed E-state index contributed by atoms with van der Waals surface area (Å²) in [5.41, 5.74) is 7.69. The Morgan fingerprint density at radius 3 is 2.95 bits per heavy atom. The van der Waals surface area contributed by atoms with E-state index in [9.17, 15) is 4.79 Å². The molecule has 0 radical (unpaired) electrons. The molecule has 6 heteroatoms. The third-order valence-corrected chi connectivity index (χ3v) is 2.88. The third kappa shape index (κ3) is 3.04. The highest BCUT2D eigenvalue weighted by Gasteiger charge is 2.11. The largest absolute Gasteiger partial charge is 0.478 e. The van der Waals surface area contributed by atoms with Crippen molar-refractivity contribution in [3.63, 3.8) is 0 Å². The van der Waals surface area contributed by atoms with Gasteiger partial charge >= 0.3 is 5.97 Å². The monoisotopic (exact) mass is 260 g/mol. The second-order valence-electron chi connectivity index (χ2n) is 4.29. The summed E-state index contributed by atoms with van der Waals surface area (Å²) in [6.45, 7) is 3.23. The van der Waals surface area contributed by atoms with Gasteiger partial charge in [0, 0.05) is 36.9 Å². The molecule has 4 N–H and O–H groups in total. The molecule has 0 aliphatic carbocycles. The van der Waals surface area contributed by atoms with Gasteiger partial charge in [-0.2, -0.15) is 0 Å². The molecule has 100 valence electrons. The van der Waals surface area contributed by atoms with Crippen LogP contribution in [-0.2, 0) is 6.54 Å². The van der Waals surface area contributed by atoms with E-state index in [4.69, 9.17) is 10.8 Å². The van der Waals surface area contributed by atoms with Crippen LogP contribution in [0.25, 0.3) is 0 Å².